The zero-order valence-corrected chi connectivity index (χ0v) is 23.7. The Hall–Kier alpha value is -5.05. The second kappa shape index (κ2) is 14.0. The Balaban J connectivity index is 1.66. The monoisotopic (exact) mass is 566 g/mol. The van der Waals surface area contributed by atoms with Crippen LogP contribution in [-0.2, 0) is 35.9 Å². The fraction of sp³-hybridized carbons (Fsp3) is 0.242. The summed E-state index contributed by atoms with van der Waals surface area (Å²) in [4.78, 5) is 53.2. The highest BCUT2D eigenvalue weighted by Crippen LogP contribution is 2.40. The highest BCUT2D eigenvalue weighted by molar-refractivity contribution is 5.91. The molecule has 1 heterocycles. The summed E-state index contributed by atoms with van der Waals surface area (Å²) in [5.41, 5.74) is 2.87. The molecule has 2 N–H and O–H groups in total. The van der Waals surface area contributed by atoms with Gasteiger partial charge < -0.3 is 19.9 Å². The molecule has 4 rings (SSSR count). The molecule has 0 unspecified atom stereocenters. The third kappa shape index (κ3) is 6.98. The summed E-state index contributed by atoms with van der Waals surface area (Å²) >= 11 is 0. The van der Waals surface area contributed by atoms with E-state index in [1.54, 1.807) is 6.33 Å². The minimum absolute atomic E-state index is 0.0529. The first-order chi connectivity index (χ1) is 20.3. The van der Waals surface area contributed by atoms with Gasteiger partial charge in [0.15, 0.2) is 5.78 Å². The Bertz CT molecular complexity index is 1410. The molecule has 0 bridgehead atoms. The predicted octanol–water partition coefficient (Wildman–Crippen LogP) is 3.41. The van der Waals surface area contributed by atoms with Crippen LogP contribution in [0.5, 0.6) is 0 Å². The van der Waals surface area contributed by atoms with Crippen molar-refractivity contribution in [2.75, 3.05) is 13.7 Å². The number of benzene rings is 3. The molecule has 42 heavy (non-hydrogen) atoms. The van der Waals surface area contributed by atoms with Crippen LogP contribution in [-0.4, -0.2) is 52.8 Å². The number of nitrogens with zero attached hydrogens (tertiary/aromatic N) is 2. The first kappa shape index (κ1) is 29.9. The van der Waals surface area contributed by atoms with E-state index in [0.29, 0.717) is 5.69 Å². The van der Waals surface area contributed by atoms with Gasteiger partial charge in [-0.2, -0.15) is 0 Å². The van der Waals surface area contributed by atoms with Crippen molar-refractivity contribution in [3.05, 3.63) is 126 Å². The summed E-state index contributed by atoms with van der Waals surface area (Å²) in [7, 11) is 1.25. The van der Waals surface area contributed by atoms with Crippen LogP contribution in [0, 0.1) is 0 Å². The largest absolute Gasteiger partial charge is 0.469 e. The van der Waals surface area contributed by atoms with Gasteiger partial charge in [0.05, 0.1) is 32.1 Å². The Morgan fingerprint density at radius 3 is 1.83 bits per heavy atom. The van der Waals surface area contributed by atoms with Gasteiger partial charge in [-0.25, -0.2) is 4.98 Å². The van der Waals surface area contributed by atoms with Gasteiger partial charge in [-0.3, -0.25) is 19.2 Å². The summed E-state index contributed by atoms with van der Waals surface area (Å²) in [6.07, 6.45) is 3.60. The first-order valence-electron chi connectivity index (χ1n) is 13.7. The fourth-order valence-corrected chi connectivity index (χ4v) is 5.04. The first-order valence-corrected chi connectivity index (χ1v) is 13.7. The smallest absolute Gasteiger partial charge is 0.305 e. The lowest BCUT2D eigenvalue weighted by Crippen LogP contribution is -2.48. The summed E-state index contributed by atoms with van der Waals surface area (Å²) in [5, 5.41) is 5.24. The van der Waals surface area contributed by atoms with Gasteiger partial charge in [0.25, 0.3) is 0 Å². The Labute approximate surface area is 244 Å². The summed E-state index contributed by atoms with van der Waals surface area (Å²) in [6.45, 7) is 1.06. The van der Waals surface area contributed by atoms with Crippen LogP contribution in [0.25, 0.3) is 0 Å². The van der Waals surface area contributed by atoms with Gasteiger partial charge in [0, 0.05) is 26.0 Å². The molecular weight excluding hydrogens is 532 g/mol. The second-order valence-corrected chi connectivity index (χ2v) is 9.87. The van der Waals surface area contributed by atoms with Gasteiger partial charge >= 0.3 is 5.97 Å². The van der Waals surface area contributed by atoms with E-state index in [1.165, 1.54) is 14.0 Å². The molecule has 0 aliphatic heterocycles. The third-order valence-electron chi connectivity index (χ3n) is 7.00. The number of carbonyl (C=O) groups excluding carboxylic acids is 4. The van der Waals surface area contributed by atoms with Crippen LogP contribution in [0.2, 0.25) is 0 Å². The lowest BCUT2D eigenvalue weighted by atomic mass is 9.77. The van der Waals surface area contributed by atoms with Crippen molar-refractivity contribution in [3.8, 4) is 0 Å². The fourth-order valence-electron chi connectivity index (χ4n) is 5.04. The highest BCUT2D eigenvalue weighted by atomic mass is 16.5. The normalized spacial score (nSPS) is 11.8. The predicted molar refractivity (Wildman–Crippen MR) is 157 cm³/mol. The maximum Gasteiger partial charge on any atom is 0.305 e. The average molecular weight is 567 g/mol. The van der Waals surface area contributed by atoms with E-state index >= 15 is 0 Å². The number of imidazole rings is 1. The van der Waals surface area contributed by atoms with Gasteiger partial charge in [0.2, 0.25) is 11.8 Å². The van der Waals surface area contributed by atoms with Crippen molar-refractivity contribution < 1.29 is 23.9 Å². The van der Waals surface area contributed by atoms with Gasteiger partial charge in [-0.1, -0.05) is 91.0 Å². The van der Waals surface area contributed by atoms with E-state index in [4.69, 9.17) is 0 Å². The van der Waals surface area contributed by atoms with Crippen molar-refractivity contribution in [1.29, 1.82) is 0 Å². The van der Waals surface area contributed by atoms with Gasteiger partial charge in [-0.05, 0) is 16.7 Å². The minimum atomic E-state index is -0.959. The zero-order chi connectivity index (χ0) is 30.0. The molecule has 0 fully saturated rings. The van der Waals surface area contributed by atoms with E-state index in [0.717, 1.165) is 16.7 Å². The van der Waals surface area contributed by atoms with Gasteiger partial charge in [0.1, 0.15) is 11.6 Å². The Kier molecular flexibility index (Phi) is 9.99. The number of esters is 1. The molecule has 0 saturated heterocycles. The molecule has 0 aliphatic rings. The van der Waals surface area contributed by atoms with E-state index in [2.05, 4.69) is 56.8 Å². The number of ether oxygens (including phenoxy) is 1. The quantitative estimate of drug-likeness (QED) is 0.189. The second-order valence-electron chi connectivity index (χ2n) is 9.87. The molecule has 0 spiro atoms. The maximum absolute atomic E-state index is 13.0. The van der Waals surface area contributed by atoms with Crippen LogP contribution < -0.4 is 10.6 Å². The van der Waals surface area contributed by atoms with Crippen molar-refractivity contribution in [2.45, 2.75) is 37.8 Å². The summed E-state index contributed by atoms with van der Waals surface area (Å²) < 4.78 is 6.58. The van der Waals surface area contributed by atoms with Gasteiger partial charge in [-0.15, -0.1) is 0 Å². The molecule has 1 atom stereocenters. The number of nitrogens with one attached hydrogen (secondary N) is 2. The molecule has 2 amide bonds. The lowest BCUT2D eigenvalue weighted by Gasteiger charge is -2.37. The van der Waals surface area contributed by atoms with E-state index in [1.807, 2.05) is 65.4 Å². The number of ketones is 1. The van der Waals surface area contributed by atoms with Crippen LogP contribution in [0.15, 0.2) is 104 Å². The number of Topliss-reactive ketones (excluding diaryl/α,β-unsaturated/α-hetero) is 1. The lowest BCUT2D eigenvalue weighted by molar-refractivity contribution is -0.141. The molecule has 1 aromatic heterocycles. The van der Waals surface area contributed by atoms with Crippen LogP contribution in [0.3, 0.4) is 0 Å². The van der Waals surface area contributed by atoms with Crippen molar-refractivity contribution in [2.24, 2.45) is 0 Å². The van der Waals surface area contributed by atoms with Crippen LogP contribution in [0.1, 0.15) is 42.1 Å². The minimum Gasteiger partial charge on any atom is -0.469 e. The Morgan fingerprint density at radius 1 is 0.833 bits per heavy atom. The molecule has 0 radical (unpaired) electrons. The molecular formula is C33H34N4O5. The SMILES string of the molecule is COC(=O)CCC(=O)CNC(=O)[C@H](Cc1cn(C(c2ccccc2)(c2ccccc2)c2ccccc2)cn1)NC(C)=O. The number of hydrogen-bond donors (Lipinski definition) is 2. The van der Waals surface area contributed by atoms with Crippen molar-refractivity contribution in [1.82, 2.24) is 20.2 Å². The molecule has 0 saturated carbocycles. The number of carbonyl (C=O) groups is 4. The van der Waals surface area contributed by atoms with E-state index in [9.17, 15) is 19.2 Å². The third-order valence-corrected chi connectivity index (χ3v) is 7.00. The van der Waals surface area contributed by atoms with Crippen LogP contribution in [0.4, 0.5) is 0 Å². The topological polar surface area (TPSA) is 119 Å². The molecule has 0 aliphatic carbocycles. The number of rotatable bonds is 13. The summed E-state index contributed by atoms with van der Waals surface area (Å²) in [5.74, 6) is -1.73. The van der Waals surface area contributed by atoms with Crippen molar-refractivity contribution in [3.63, 3.8) is 0 Å². The molecule has 3 aromatic carbocycles. The molecule has 9 nitrogen and oxygen atoms in total. The van der Waals surface area contributed by atoms with Crippen LogP contribution >= 0.6 is 0 Å². The molecule has 216 valence electrons. The average Bonchev–Trinajstić information content (AvgIpc) is 3.48. The van der Waals surface area contributed by atoms with E-state index < -0.39 is 23.5 Å². The number of hydrogen-bond acceptors (Lipinski definition) is 6. The number of aromatic nitrogens is 2. The molecule has 9 heteroatoms. The number of amides is 2. The standard InChI is InChI=1S/C33H34N4O5/c1-24(38)36-30(32(41)34-21-29(39)18-19-31(40)42-2)20-28-22-37(23-35-28)33(25-12-6-3-7-13-25,26-14-8-4-9-15-26)27-16-10-5-11-17-27/h3-17,22-23,30H,18-21H2,1-2H3,(H,34,41)(H,36,38)/t30-/m0/s1. The van der Waals surface area contributed by atoms with E-state index in [-0.39, 0.29) is 37.5 Å². The summed E-state index contributed by atoms with van der Waals surface area (Å²) in [6, 6.07) is 29.4. The zero-order valence-electron chi connectivity index (χ0n) is 23.7. The Morgan fingerprint density at radius 2 is 1.36 bits per heavy atom. The van der Waals surface area contributed by atoms with Crippen molar-refractivity contribution >= 4 is 23.6 Å². The highest BCUT2D eigenvalue weighted by Gasteiger charge is 2.38. The number of methoxy groups -OCH3 is 1. The maximum atomic E-state index is 13.0. The molecule has 4 aromatic rings.